The van der Waals surface area contributed by atoms with Crippen molar-refractivity contribution in [2.45, 2.75) is 23.8 Å². The lowest BCUT2D eigenvalue weighted by atomic mass is 10.3. The van der Waals surface area contributed by atoms with Crippen molar-refractivity contribution in [3.63, 3.8) is 0 Å². The number of nitrogens with zero attached hydrogens (tertiary/aromatic N) is 2. The molecule has 3 N–H and O–H groups in total. The number of nitrogens with one attached hydrogen (secondary N) is 2. The molecule has 104 valence electrons. The Labute approximate surface area is 113 Å². The minimum atomic E-state index is -0.933. The van der Waals surface area contributed by atoms with Gasteiger partial charge in [-0.2, -0.15) is 4.98 Å². The van der Waals surface area contributed by atoms with E-state index in [1.165, 1.54) is 6.08 Å². The Balaban J connectivity index is 2.54. The van der Waals surface area contributed by atoms with Crippen LogP contribution in [0.15, 0.2) is 17.8 Å². The van der Waals surface area contributed by atoms with E-state index in [0.717, 1.165) is 11.8 Å². The van der Waals surface area contributed by atoms with Crippen molar-refractivity contribution in [3.8, 4) is 0 Å². The summed E-state index contributed by atoms with van der Waals surface area (Å²) in [7, 11) is 0. The Bertz CT molecular complexity index is 462. The molecule has 1 amide bonds. The second-order valence-corrected chi connectivity index (χ2v) is 4.50. The first-order chi connectivity index (χ1) is 9.06. The average Bonchev–Trinajstić information content (AvgIpc) is 2.80. The van der Waals surface area contributed by atoms with Gasteiger partial charge in [0.1, 0.15) is 11.9 Å². The molecule has 19 heavy (non-hydrogen) atoms. The molecule has 0 fully saturated rings. The number of aromatic nitrogens is 3. The normalized spacial score (nSPS) is 11.6. The Morgan fingerprint density at radius 1 is 1.68 bits per heavy atom. The van der Waals surface area contributed by atoms with E-state index in [2.05, 4.69) is 31.8 Å². The van der Waals surface area contributed by atoms with E-state index in [1.807, 2.05) is 0 Å². The molecule has 1 rings (SSSR count). The van der Waals surface area contributed by atoms with Crippen molar-refractivity contribution in [1.82, 2.24) is 15.2 Å². The van der Waals surface area contributed by atoms with Crippen LogP contribution in [-0.2, 0) is 9.53 Å². The van der Waals surface area contributed by atoms with Crippen LogP contribution in [0, 0.1) is 0 Å². The number of hydrogen-bond donors (Lipinski definition) is 3. The fourth-order valence-electron chi connectivity index (χ4n) is 1.06. The van der Waals surface area contributed by atoms with Crippen LogP contribution in [-0.4, -0.2) is 44.2 Å². The summed E-state index contributed by atoms with van der Waals surface area (Å²) in [4.78, 5) is 26.0. The van der Waals surface area contributed by atoms with E-state index in [-0.39, 0.29) is 17.7 Å². The van der Waals surface area contributed by atoms with E-state index in [1.54, 1.807) is 6.92 Å². The third-order valence-corrected chi connectivity index (χ3v) is 3.12. The Morgan fingerprint density at radius 2 is 2.42 bits per heavy atom. The van der Waals surface area contributed by atoms with Crippen LogP contribution in [0.2, 0.25) is 0 Å². The quantitative estimate of drug-likeness (QED) is 0.513. The van der Waals surface area contributed by atoms with Crippen LogP contribution in [0.5, 0.6) is 0 Å². The SMILES string of the molecule is C=CCOC(=O)Nc1nc(SC(CC)C(=O)O)n[nH]1. The van der Waals surface area contributed by atoms with Crippen LogP contribution < -0.4 is 5.32 Å². The number of aliphatic carboxylic acids is 1. The summed E-state index contributed by atoms with van der Waals surface area (Å²) < 4.78 is 4.69. The molecule has 0 radical (unpaired) electrons. The number of carboxylic acid groups (broad SMARTS) is 1. The Kier molecular flexibility index (Phi) is 5.86. The fourth-order valence-corrected chi connectivity index (χ4v) is 1.82. The molecule has 1 atom stereocenters. The van der Waals surface area contributed by atoms with Gasteiger partial charge in [0.25, 0.3) is 0 Å². The summed E-state index contributed by atoms with van der Waals surface area (Å²) in [5.74, 6) is -0.839. The van der Waals surface area contributed by atoms with Crippen molar-refractivity contribution < 1.29 is 19.4 Å². The van der Waals surface area contributed by atoms with Crippen molar-refractivity contribution in [2.75, 3.05) is 11.9 Å². The minimum absolute atomic E-state index is 0.0818. The van der Waals surface area contributed by atoms with E-state index < -0.39 is 17.3 Å². The van der Waals surface area contributed by atoms with Gasteiger partial charge >= 0.3 is 12.1 Å². The lowest BCUT2D eigenvalue weighted by molar-refractivity contribution is -0.136. The first-order valence-corrected chi connectivity index (χ1v) is 6.31. The molecule has 1 heterocycles. The molecule has 0 saturated carbocycles. The van der Waals surface area contributed by atoms with Gasteiger partial charge in [0.05, 0.1) is 0 Å². The first-order valence-electron chi connectivity index (χ1n) is 5.43. The maximum absolute atomic E-state index is 11.2. The van der Waals surface area contributed by atoms with Crippen LogP contribution >= 0.6 is 11.8 Å². The smallest absolute Gasteiger partial charge is 0.414 e. The van der Waals surface area contributed by atoms with Gasteiger partial charge in [-0.1, -0.05) is 31.3 Å². The van der Waals surface area contributed by atoms with Gasteiger partial charge in [0, 0.05) is 0 Å². The number of anilines is 1. The van der Waals surface area contributed by atoms with Crippen LogP contribution in [0.25, 0.3) is 0 Å². The lowest BCUT2D eigenvalue weighted by Crippen LogP contribution is -2.15. The summed E-state index contributed by atoms with van der Waals surface area (Å²) >= 11 is 1.00. The number of aromatic amines is 1. The predicted octanol–water partition coefficient (Wildman–Crippen LogP) is 1.49. The van der Waals surface area contributed by atoms with Gasteiger partial charge in [-0.25, -0.2) is 9.89 Å². The number of ether oxygens (including phenoxy) is 1. The molecule has 8 nitrogen and oxygen atoms in total. The molecular formula is C10H14N4O4S. The van der Waals surface area contributed by atoms with Crippen molar-refractivity contribution in [1.29, 1.82) is 0 Å². The zero-order valence-corrected chi connectivity index (χ0v) is 11.1. The van der Waals surface area contributed by atoms with Crippen molar-refractivity contribution in [2.24, 2.45) is 0 Å². The number of hydrogen-bond acceptors (Lipinski definition) is 6. The van der Waals surface area contributed by atoms with E-state index in [9.17, 15) is 9.59 Å². The fraction of sp³-hybridized carbons (Fsp3) is 0.400. The molecule has 0 aliphatic heterocycles. The molecule has 1 aromatic rings. The van der Waals surface area contributed by atoms with Crippen LogP contribution in [0.4, 0.5) is 10.7 Å². The molecule has 1 aromatic heterocycles. The highest BCUT2D eigenvalue weighted by Crippen LogP contribution is 2.22. The van der Waals surface area contributed by atoms with Crippen molar-refractivity contribution in [3.05, 3.63) is 12.7 Å². The monoisotopic (exact) mass is 286 g/mol. The molecular weight excluding hydrogens is 272 g/mol. The number of thioether (sulfide) groups is 1. The van der Waals surface area contributed by atoms with Gasteiger partial charge in [0.15, 0.2) is 0 Å². The number of carboxylic acids is 1. The molecule has 0 aliphatic carbocycles. The molecule has 1 unspecified atom stereocenters. The second kappa shape index (κ2) is 7.41. The van der Waals surface area contributed by atoms with Crippen LogP contribution in [0.3, 0.4) is 0 Å². The highest BCUT2D eigenvalue weighted by atomic mass is 32.2. The highest BCUT2D eigenvalue weighted by molar-refractivity contribution is 8.00. The zero-order chi connectivity index (χ0) is 14.3. The summed E-state index contributed by atoms with van der Waals surface area (Å²) in [6, 6.07) is 0. The third-order valence-electron chi connectivity index (χ3n) is 1.91. The number of H-pyrrole nitrogens is 1. The molecule has 0 spiro atoms. The molecule has 0 saturated heterocycles. The van der Waals surface area contributed by atoms with E-state index in [4.69, 9.17) is 5.11 Å². The van der Waals surface area contributed by atoms with Crippen LogP contribution in [0.1, 0.15) is 13.3 Å². The number of carbonyl (C=O) groups excluding carboxylic acids is 1. The van der Waals surface area contributed by atoms with E-state index in [0.29, 0.717) is 6.42 Å². The molecule has 0 aliphatic rings. The number of rotatable bonds is 7. The first kappa shape index (κ1) is 15.0. The minimum Gasteiger partial charge on any atom is -0.480 e. The van der Waals surface area contributed by atoms with Gasteiger partial charge in [0.2, 0.25) is 11.1 Å². The second-order valence-electron chi connectivity index (χ2n) is 3.33. The maximum Gasteiger partial charge on any atom is 0.414 e. The van der Waals surface area contributed by atoms with Gasteiger partial charge in [-0.15, -0.1) is 5.10 Å². The third kappa shape index (κ3) is 5.00. The summed E-state index contributed by atoms with van der Waals surface area (Å²) in [5, 5.41) is 17.1. The Morgan fingerprint density at radius 3 is 3.00 bits per heavy atom. The van der Waals surface area contributed by atoms with Gasteiger partial charge < -0.3 is 9.84 Å². The number of amides is 1. The molecule has 9 heteroatoms. The summed E-state index contributed by atoms with van der Waals surface area (Å²) in [6.07, 6.45) is 1.18. The van der Waals surface area contributed by atoms with Crippen molar-refractivity contribution >= 4 is 29.8 Å². The maximum atomic E-state index is 11.2. The summed E-state index contributed by atoms with van der Waals surface area (Å²) in [6.45, 7) is 5.24. The topological polar surface area (TPSA) is 117 Å². The Hall–Kier alpha value is -2.03. The largest absolute Gasteiger partial charge is 0.480 e. The number of carbonyl (C=O) groups is 2. The summed E-state index contributed by atoms with van der Waals surface area (Å²) in [5.41, 5.74) is 0. The zero-order valence-electron chi connectivity index (χ0n) is 10.3. The lowest BCUT2D eigenvalue weighted by Gasteiger charge is -2.04. The average molecular weight is 286 g/mol. The van der Waals surface area contributed by atoms with E-state index >= 15 is 0 Å². The van der Waals surface area contributed by atoms with Gasteiger partial charge in [-0.05, 0) is 6.42 Å². The van der Waals surface area contributed by atoms with Gasteiger partial charge in [-0.3, -0.25) is 10.1 Å². The standard InChI is InChI=1S/C10H14N4O4S/c1-3-5-18-10(17)12-8-11-9(14-13-8)19-6(4-2)7(15)16/h3,6H,1,4-5H2,2H3,(H,15,16)(H2,11,12,13,14,17). The predicted molar refractivity (Wildman–Crippen MR) is 69.1 cm³/mol. The molecule has 0 aromatic carbocycles. The highest BCUT2D eigenvalue weighted by Gasteiger charge is 2.19. The molecule has 0 bridgehead atoms.